The number of pyridine rings is 1. The molecule has 5 heterocycles. The van der Waals surface area contributed by atoms with Crippen LogP contribution in [0, 0.1) is 0 Å². The number of hydrogen-bond donors (Lipinski definition) is 0. The van der Waals surface area contributed by atoms with Crippen LogP contribution in [0.25, 0.3) is 127 Å². The molecule has 9 aromatic carbocycles. The molecule has 0 spiro atoms. The highest BCUT2D eigenvalue weighted by Gasteiger charge is 2.24. The summed E-state index contributed by atoms with van der Waals surface area (Å²) in [4.78, 5) is 5.84. The van der Waals surface area contributed by atoms with Crippen molar-refractivity contribution < 1.29 is 4.42 Å². The molecular formula is C59H36N4O. The molecule has 5 heteroatoms. The third-order valence-electron chi connectivity index (χ3n) is 13.3. The van der Waals surface area contributed by atoms with E-state index in [0.717, 1.165) is 94.6 Å². The van der Waals surface area contributed by atoms with E-state index in [1.807, 2.05) is 12.1 Å². The first-order valence-corrected chi connectivity index (χ1v) is 21.8. The third-order valence-corrected chi connectivity index (χ3v) is 13.3. The molecule has 5 nitrogen and oxygen atoms in total. The fourth-order valence-corrected chi connectivity index (χ4v) is 10.6. The van der Waals surface area contributed by atoms with E-state index in [1.54, 1.807) is 0 Å². The average molecular weight is 817 g/mol. The minimum atomic E-state index is 0.836. The first-order valence-electron chi connectivity index (χ1n) is 21.8. The third kappa shape index (κ3) is 4.98. The predicted octanol–water partition coefficient (Wildman–Crippen LogP) is 15.6. The molecule has 0 atom stereocenters. The van der Waals surface area contributed by atoms with Gasteiger partial charge in [-0.1, -0.05) is 146 Å². The van der Waals surface area contributed by atoms with Gasteiger partial charge < -0.3 is 13.6 Å². The lowest BCUT2D eigenvalue weighted by molar-refractivity contribution is 0.669. The number of nitrogens with zero attached hydrogens (tertiary/aromatic N) is 4. The molecule has 0 aliphatic carbocycles. The van der Waals surface area contributed by atoms with E-state index in [9.17, 15) is 0 Å². The lowest BCUT2D eigenvalue weighted by Gasteiger charge is -2.20. The van der Waals surface area contributed by atoms with Gasteiger partial charge in [0.1, 0.15) is 17.0 Å². The Hall–Kier alpha value is -8.67. The summed E-state index contributed by atoms with van der Waals surface area (Å²) in [5.74, 6) is 0.836. The standard InChI is InChI=1S/C59H36N4O/c1-8-24-49-40(16-1)41-17-2-9-25-50(41)61(49)38-35-48(60-58(36-38)63-53-28-12-5-20-44(53)45-21-6-13-29-54(45)63)59-39(37-32-33-47-46-22-7-14-31-56(46)64-57(47)34-37)23-15-30-55(59)62-51-26-10-3-18-42(51)43-19-4-11-27-52(43)62/h1-36H. The van der Waals surface area contributed by atoms with Gasteiger partial charge in [0.2, 0.25) is 0 Å². The van der Waals surface area contributed by atoms with Gasteiger partial charge in [0.25, 0.3) is 0 Å². The van der Waals surface area contributed by atoms with Crippen LogP contribution in [0.15, 0.2) is 223 Å². The molecular weight excluding hydrogens is 781 g/mol. The summed E-state index contributed by atoms with van der Waals surface area (Å²) >= 11 is 0. The van der Waals surface area contributed by atoms with Crippen LogP contribution in [0.4, 0.5) is 0 Å². The lowest BCUT2D eigenvalue weighted by Crippen LogP contribution is -2.05. The predicted molar refractivity (Wildman–Crippen MR) is 265 cm³/mol. The largest absolute Gasteiger partial charge is 0.456 e. The van der Waals surface area contributed by atoms with Gasteiger partial charge >= 0.3 is 0 Å². The molecule has 0 N–H and O–H groups in total. The summed E-state index contributed by atoms with van der Waals surface area (Å²) in [6.07, 6.45) is 0. The molecule has 0 amide bonds. The van der Waals surface area contributed by atoms with E-state index >= 15 is 0 Å². The molecule has 0 fully saturated rings. The highest BCUT2D eigenvalue weighted by molar-refractivity contribution is 6.13. The minimum Gasteiger partial charge on any atom is -0.456 e. The van der Waals surface area contributed by atoms with Gasteiger partial charge in [0.15, 0.2) is 0 Å². The van der Waals surface area contributed by atoms with Crippen LogP contribution in [0.3, 0.4) is 0 Å². The van der Waals surface area contributed by atoms with E-state index < -0.39 is 0 Å². The van der Waals surface area contributed by atoms with Gasteiger partial charge in [-0.25, -0.2) is 4.98 Å². The maximum absolute atomic E-state index is 6.55. The molecule has 0 aliphatic rings. The molecule has 0 unspecified atom stereocenters. The van der Waals surface area contributed by atoms with Crippen LogP contribution < -0.4 is 0 Å². The molecule has 64 heavy (non-hydrogen) atoms. The summed E-state index contributed by atoms with van der Waals surface area (Å²) in [7, 11) is 0. The molecule has 0 aliphatic heterocycles. The van der Waals surface area contributed by atoms with Crippen LogP contribution in [0.5, 0.6) is 0 Å². The zero-order valence-corrected chi connectivity index (χ0v) is 34.5. The van der Waals surface area contributed by atoms with Crippen LogP contribution in [-0.4, -0.2) is 18.7 Å². The zero-order valence-electron chi connectivity index (χ0n) is 34.5. The Labute approximate surface area is 366 Å². The van der Waals surface area contributed by atoms with Crippen LogP contribution in [-0.2, 0) is 0 Å². The van der Waals surface area contributed by atoms with E-state index in [2.05, 4.69) is 220 Å². The van der Waals surface area contributed by atoms with Crippen LogP contribution in [0.1, 0.15) is 0 Å². The van der Waals surface area contributed by atoms with Crippen molar-refractivity contribution in [1.29, 1.82) is 0 Å². The Balaban J connectivity index is 1.15. The number of aromatic nitrogens is 4. The fourth-order valence-electron chi connectivity index (χ4n) is 10.6. The molecule has 0 saturated heterocycles. The van der Waals surface area contributed by atoms with Gasteiger partial charge in [0.05, 0.1) is 50.2 Å². The maximum atomic E-state index is 6.55. The molecule has 0 bridgehead atoms. The van der Waals surface area contributed by atoms with Crippen molar-refractivity contribution in [3.8, 4) is 39.6 Å². The maximum Gasteiger partial charge on any atom is 0.140 e. The summed E-state index contributed by atoms with van der Waals surface area (Å²) in [5.41, 5.74) is 14.5. The minimum absolute atomic E-state index is 0.836. The van der Waals surface area contributed by atoms with Crippen molar-refractivity contribution in [2.45, 2.75) is 0 Å². The van der Waals surface area contributed by atoms with Crippen molar-refractivity contribution in [2.75, 3.05) is 0 Å². The Morgan fingerprint density at radius 1 is 0.328 bits per heavy atom. The van der Waals surface area contributed by atoms with Gasteiger partial charge in [-0.3, -0.25) is 4.57 Å². The number of hydrogen-bond acceptors (Lipinski definition) is 2. The van der Waals surface area contributed by atoms with E-state index in [1.165, 1.54) is 32.3 Å². The Morgan fingerprint density at radius 3 is 1.33 bits per heavy atom. The number of rotatable bonds is 5. The first kappa shape index (κ1) is 35.0. The smallest absolute Gasteiger partial charge is 0.140 e. The summed E-state index contributed by atoms with van der Waals surface area (Å²) in [5, 5.41) is 9.41. The Bertz CT molecular complexity index is 3920. The Morgan fingerprint density at radius 2 is 0.781 bits per heavy atom. The monoisotopic (exact) mass is 816 g/mol. The quantitative estimate of drug-likeness (QED) is 0.174. The van der Waals surface area contributed by atoms with E-state index in [4.69, 9.17) is 9.40 Å². The number of para-hydroxylation sites is 7. The molecule has 298 valence electrons. The zero-order chi connectivity index (χ0) is 41.9. The second-order valence-electron chi connectivity index (χ2n) is 16.7. The molecule has 5 aromatic heterocycles. The SMILES string of the molecule is c1cc(-c2ccc3c(c2)oc2ccccc23)c(-c2cc(-n3c4ccccc4c4ccccc43)cc(-n3c4ccccc4c4ccccc43)n2)c(-n2c3ccccc3c3ccccc32)c1. The fraction of sp³-hybridized carbons (Fsp3) is 0. The number of fused-ring (bicyclic) bond motifs is 12. The number of furan rings is 1. The van der Waals surface area contributed by atoms with Crippen molar-refractivity contribution in [3.05, 3.63) is 218 Å². The molecule has 14 aromatic rings. The molecule has 0 saturated carbocycles. The lowest BCUT2D eigenvalue weighted by atomic mass is 9.94. The summed E-state index contributed by atoms with van der Waals surface area (Å²) in [6, 6.07) is 78.5. The summed E-state index contributed by atoms with van der Waals surface area (Å²) in [6.45, 7) is 0. The van der Waals surface area contributed by atoms with Crippen molar-refractivity contribution in [2.24, 2.45) is 0 Å². The number of benzene rings is 9. The van der Waals surface area contributed by atoms with Crippen LogP contribution >= 0.6 is 0 Å². The van der Waals surface area contributed by atoms with Crippen molar-refractivity contribution in [1.82, 2.24) is 18.7 Å². The highest BCUT2D eigenvalue weighted by atomic mass is 16.3. The highest BCUT2D eigenvalue weighted by Crippen LogP contribution is 2.44. The van der Waals surface area contributed by atoms with Gasteiger partial charge in [-0.2, -0.15) is 0 Å². The summed E-state index contributed by atoms with van der Waals surface area (Å²) < 4.78 is 13.7. The van der Waals surface area contributed by atoms with Crippen LogP contribution in [0.2, 0.25) is 0 Å². The van der Waals surface area contributed by atoms with E-state index in [-0.39, 0.29) is 0 Å². The molecule has 14 rings (SSSR count). The topological polar surface area (TPSA) is 40.8 Å². The van der Waals surface area contributed by atoms with E-state index in [0.29, 0.717) is 0 Å². The normalized spacial score (nSPS) is 12.1. The van der Waals surface area contributed by atoms with Gasteiger partial charge in [-0.15, -0.1) is 0 Å². The Kier molecular flexibility index (Phi) is 7.33. The van der Waals surface area contributed by atoms with Crippen molar-refractivity contribution in [3.63, 3.8) is 0 Å². The molecule has 0 radical (unpaired) electrons. The average Bonchev–Trinajstić information content (AvgIpc) is 4.10. The van der Waals surface area contributed by atoms with Gasteiger partial charge in [-0.05, 0) is 77.9 Å². The second kappa shape index (κ2) is 13.4. The van der Waals surface area contributed by atoms with Gasteiger partial charge in [0, 0.05) is 54.7 Å². The first-order chi connectivity index (χ1) is 31.8. The second-order valence-corrected chi connectivity index (χ2v) is 16.7. The van der Waals surface area contributed by atoms with Crippen molar-refractivity contribution >= 4 is 87.4 Å².